The largest absolute Gasteiger partial charge is 0.481 e. The number of amides is 3. The first-order valence-electron chi connectivity index (χ1n) is 4.41. The number of imide groups is 1. The lowest BCUT2D eigenvalue weighted by Crippen LogP contribution is -2.33. The summed E-state index contributed by atoms with van der Waals surface area (Å²) in [5.41, 5.74) is 4.36. The van der Waals surface area contributed by atoms with Gasteiger partial charge in [-0.15, -0.1) is 0 Å². The number of carbonyl (C=O) groups is 3. The van der Waals surface area contributed by atoms with Crippen molar-refractivity contribution in [1.29, 1.82) is 0 Å². The van der Waals surface area contributed by atoms with Gasteiger partial charge in [0.1, 0.15) is 0 Å². The monoisotopic (exact) mass is 220 g/mol. The van der Waals surface area contributed by atoms with Crippen molar-refractivity contribution in [1.82, 2.24) is 5.32 Å². The molecule has 0 saturated carbocycles. The van der Waals surface area contributed by atoms with Crippen LogP contribution in [-0.4, -0.2) is 28.3 Å². The number of nitrogens with one attached hydrogen (secondary N) is 1. The topological polar surface area (TPSA) is 130 Å². The van der Waals surface area contributed by atoms with Crippen molar-refractivity contribution < 1.29 is 24.6 Å². The minimum Gasteiger partial charge on any atom is -0.481 e. The number of hydrogen-bond acceptors (Lipinski definition) is 3. The summed E-state index contributed by atoms with van der Waals surface area (Å²) in [5, 5.41) is 17.2. The molecule has 3 amide bonds. The number of primary amides is 1. The van der Waals surface area contributed by atoms with Gasteiger partial charge in [-0.1, -0.05) is 19.8 Å². The zero-order chi connectivity index (χ0) is 12.3. The first-order chi connectivity index (χ1) is 6.90. The first kappa shape index (κ1) is 15.7. The molecule has 5 N–H and O–H groups in total. The average Bonchev–Trinajstić information content (AvgIpc) is 2.02. The molecule has 0 heterocycles. The number of carboxylic acids is 1. The highest BCUT2D eigenvalue weighted by molar-refractivity contribution is 5.88. The van der Waals surface area contributed by atoms with Crippen LogP contribution in [0.4, 0.5) is 9.59 Å². The summed E-state index contributed by atoms with van der Waals surface area (Å²) in [6.07, 6.45) is 1.84. The molecule has 0 bridgehead atoms. The number of urea groups is 1. The van der Waals surface area contributed by atoms with E-state index in [1.165, 1.54) is 5.32 Å². The molecule has 0 aliphatic heterocycles. The van der Waals surface area contributed by atoms with Crippen molar-refractivity contribution in [3.05, 3.63) is 0 Å². The predicted molar refractivity (Wildman–Crippen MR) is 52.5 cm³/mol. The zero-order valence-electron chi connectivity index (χ0n) is 8.52. The summed E-state index contributed by atoms with van der Waals surface area (Å²) >= 11 is 0. The normalized spacial score (nSPS) is 8.33. The highest BCUT2D eigenvalue weighted by Crippen LogP contribution is 1.97. The fourth-order valence-corrected chi connectivity index (χ4v) is 0.632. The quantitative estimate of drug-likeness (QED) is 0.525. The van der Waals surface area contributed by atoms with Crippen molar-refractivity contribution in [3.63, 3.8) is 0 Å². The lowest BCUT2D eigenvalue weighted by atomic mass is 10.2. The Kier molecular flexibility index (Phi) is 10.8. The summed E-state index contributed by atoms with van der Waals surface area (Å²) < 4.78 is 0. The van der Waals surface area contributed by atoms with E-state index < -0.39 is 18.1 Å². The summed E-state index contributed by atoms with van der Waals surface area (Å²) in [6.45, 7) is 2.06. The molecule has 15 heavy (non-hydrogen) atoms. The van der Waals surface area contributed by atoms with Crippen LogP contribution in [0.25, 0.3) is 0 Å². The zero-order valence-corrected chi connectivity index (χ0v) is 8.52. The fraction of sp³-hybridized carbons (Fsp3) is 0.625. The van der Waals surface area contributed by atoms with Crippen LogP contribution in [0.3, 0.4) is 0 Å². The van der Waals surface area contributed by atoms with Gasteiger partial charge < -0.3 is 15.9 Å². The van der Waals surface area contributed by atoms with Gasteiger partial charge >= 0.3 is 18.1 Å². The van der Waals surface area contributed by atoms with Crippen LogP contribution in [0, 0.1) is 0 Å². The Hall–Kier alpha value is -1.79. The second-order valence-corrected chi connectivity index (χ2v) is 2.65. The van der Waals surface area contributed by atoms with Gasteiger partial charge in [-0.3, -0.25) is 4.79 Å². The molecule has 0 unspecified atom stereocenters. The van der Waals surface area contributed by atoms with Crippen LogP contribution in [0.2, 0.25) is 0 Å². The van der Waals surface area contributed by atoms with E-state index in [1.54, 1.807) is 0 Å². The number of carbonyl (C=O) groups excluding carboxylic acids is 1. The predicted octanol–water partition coefficient (Wildman–Crippen LogP) is 0.984. The number of unbranched alkanes of at least 4 members (excludes halogenated alkanes) is 2. The van der Waals surface area contributed by atoms with Crippen molar-refractivity contribution in [2.24, 2.45) is 5.73 Å². The van der Waals surface area contributed by atoms with Crippen LogP contribution < -0.4 is 11.1 Å². The number of hydrogen-bond donors (Lipinski definition) is 4. The molecule has 7 nitrogen and oxygen atoms in total. The third-order valence-electron chi connectivity index (χ3n) is 1.22. The molecule has 7 heteroatoms. The molecule has 0 aromatic rings. The molecule has 0 atom stereocenters. The molecular formula is C8H16N2O5. The van der Waals surface area contributed by atoms with Crippen LogP contribution >= 0.6 is 0 Å². The minimum atomic E-state index is -1.44. The van der Waals surface area contributed by atoms with Crippen LogP contribution in [0.1, 0.15) is 32.6 Å². The number of nitrogens with two attached hydrogens (primary N) is 1. The Morgan fingerprint density at radius 3 is 1.93 bits per heavy atom. The van der Waals surface area contributed by atoms with Crippen LogP contribution in [0.5, 0.6) is 0 Å². The molecule has 0 aliphatic carbocycles. The van der Waals surface area contributed by atoms with Gasteiger partial charge in [0.25, 0.3) is 0 Å². The second-order valence-electron chi connectivity index (χ2n) is 2.65. The summed E-state index contributed by atoms with van der Waals surface area (Å²) in [5.74, 6) is -0.682. The Bertz CT molecular complexity index is 205. The van der Waals surface area contributed by atoms with E-state index in [2.05, 4.69) is 12.7 Å². The maximum Gasteiger partial charge on any atom is 0.412 e. The van der Waals surface area contributed by atoms with Crippen molar-refractivity contribution in [2.45, 2.75) is 32.6 Å². The molecular weight excluding hydrogens is 204 g/mol. The number of carboxylic acid groups (broad SMARTS) is 2. The lowest BCUT2D eigenvalue weighted by Gasteiger charge is -1.89. The Morgan fingerprint density at radius 1 is 1.20 bits per heavy atom. The van der Waals surface area contributed by atoms with E-state index >= 15 is 0 Å². The van der Waals surface area contributed by atoms with E-state index in [1.807, 2.05) is 0 Å². The SMILES string of the molecule is CCCCCC(=O)O.NC(=O)NC(=O)O. The number of rotatable bonds is 4. The van der Waals surface area contributed by atoms with Crippen LogP contribution in [-0.2, 0) is 4.79 Å². The fourth-order valence-electron chi connectivity index (χ4n) is 0.632. The van der Waals surface area contributed by atoms with Crippen molar-refractivity contribution >= 4 is 18.1 Å². The molecule has 0 aromatic heterocycles. The Labute approximate surface area is 87.3 Å². The molecule has 88 valence electrons. The molecule has 0 radical (unpaired) electrons. The van der Waals surface area contributed by atoms with Gasteiger partial charge in [0.05, 0.1) is 0 Å². The summed E-state index contributed by atoms with van der Waals surface area (Å²) in [6, 6.07) is -1.06. The van der Waals surface area contributed by atoms with E-state index in [9.17, 15) is 14.4 Å². The maximum absolute atomic E-state index is 9.87. The molecule has 0 aromatic carbocycles. The van der Waals surface area contributed by atoms with Gasteiger partial charge in [0.15, 0.2) is 0 Å². The standard InChI is InChI=1S/C6H12O2.C2H4N2O3/c1-2-3-4-5-6(7)8;3-1(5)4-2(6)7/h2-5H2,1H3,(H,7,8);(H,6,7)(H3,3,4,5). The maximum atomic E-state index is 9.87. The van der Waals surface area contributed by atoms with Gasteiger partial charge in [0.2, 0.25) is 0 Å². The summed E-state index contributed by atoms with van der Waals surface area (Å²) in [7, 11) is 0. The third kappa shape index (κ3) is 24.5. The van der Waals surface area contributed by atoms with Crippen LogP contribution in [0.15, 0.2) is 0 Å². The van der Waals surface area contributed by atoms with Gasteiger partial charge in [0, 0.05) is 6.42 Å². The average molecular weight is 220 g/mol. The molecule has 0 fully saturated rings. The number of aliphatic carboxylic acids is 1. The second kappa shape index (κ2) is 10.3. The Morgan fingerprint density at radius 2 is 1.73 bits per heavy atom. The van der Waals surface area contributed by atoms with Gasteiger partial charge in [-0.05, 0) is 6.42 Å². The van der Waals surface area contributed by atoms with Crippen molar-refractivity contribution in [3.8, 4) is 0 Å². The third-order valence-corrected chi connectivity index (χ3v) is 1.22. The van der Waals surface area contributed by atoms with Crippen molar-refractivity contribution in [2.75, 3.05) is 0 Å². The van der Waals surface area contributed by atoms with Gasteiger partial charge in [-0.2, -0.15) is 0 Å². The van der Waals surface area contributed by atoms with E-state index in [0.29, 0.717) is 6.42 Å². The molecule has 0 rings (SSSR count). The Balaban J connectivity index is 0. The highest BCUT2D eigenvalue weighted by atomic mass is 16.4. The lowest BCUT2D eigenvalue weighted by molar-refractivity contribution is -0.137. The minimum absolute atomic E-state index is 0.327. The highest BCUT2D eigenvalue weighted by Gasteiger charge is 1.94. The smallest absolute Gasteiger partial charge is 0.412 e. The first-order valence-corrected chi connectivity index (χ1v) is 4.41. The van der Waals surface area contributed by atoms with E-state index in [-0.39, 0.29) is 0 Å². The molecule has 0 saturated heterocycles. The van der Waals surface area contributed by atoms with E-state index in [0.717, 1.165) is 19.3 Å². The molecule has 0 aliphatic rings. The summed E-state index contributed by atoms with van der Waals surface area (Å²) in [4.78, 5) is 28.8. The molecule has 0 spiro atoms. The van der Waals surface area contributed by atoms with E-state index in [4.69, 9.17) is 10.2 Å². The van der Waals surface area contributed by atoms with Gasteiger partial charge in [-0.25, -0.2) is 14.9 Å².